The summed E-state index contributed by atoms with van der Waals surface area (Å²) in [5.41, 5.74) is 4.91. The lowest BCUT2D eigenvalue weighted by Crippen LogP contribution is -2.30. The third kappa shape index (κ3) is 3.33. The summed E-state index contributed by atoms with van der Waals surface area (Å²) in [6, 6.07) is 5.20. The van der Waals surface area contributed by atoms with Crippen molar-refractivity contribution in [2.75, 3.05) is 0 Å². The van der Waals surface area contributed by atoms with Gasteiger partial charge in [-0.3, -0.25) is 16.3 Å². The molecule has 2 aromatic rings. The first-order chi connectivity index (χ1) is 9.10. The van der Waals surface area contributed by atoms with Crippen molar-refractivity contribution in [3.05, 3.63) is 65.0 Å². The van der Waals surface area contributed by atoms with Gasteiger partial charge in [-0.2, -0.15) is 0 Å². The van der Waals surface area contributed by atoms with E-state index in [1.165, 1.54) is 12.1 Å². The maximum absolute atomic E-state index is 13.6. The molecule has 0 aliphatic rings. The molecule has 0 saturated carbocycles. The van der Waals surface area contributed by atoms with Crippen molar-refractivity contribution in [3.63, 3.8) is 0 Å². The molecular formula is C14H15F2N3. The van der Waals surface area contributed by atoms with Gasteiger partial charge in [0, 0.05) is 18.5 Å². The Balaban J connectivity index is 2.24. The van der Waals surface area contributed by atoms with Crippen LogP contribution in [0, 0.1) is 18.6 Å². The highest BCUT2D eigenvalue weighted by Crippen LogP contribution is 2.20. The van der Waals surface area contributed by atoms with Gasteiger partial charge in [-0.15, -0.1) is 0 Å². The molecule has 1 unspecified atom stereocenters. The first kappa shape index (κ1) is 13.6. The van der Waals surface area contributed by atoms with E-state index >= 15 is 0 Å². The molecule has 1 aromatic carbocycles. The molecule has 0 fully saturated rings. The lowest BCUT2D eigenvalue weighted by molar-refractivity contribution is 0.520. The normalized spacial score (nSPS) is 12.4. The van der Waals surface area contributed by atoms with E-state index in [1.54, 1.807) is 12.4 Å². The van der Waals surface area contributed by atoms with E-state index in [2.05, 4.69) is 10.4 Å². The average Bonchev–Trinajstić information content (AvgIpc) is 2.38. The third-order valence-electron chi connectivity index (χ3n) is 2.94. The summed E-state index contributed by atoms with van der Waals surface area (Å²) >= 11 is 0. The van der Waals surface area contributed by atoms with Crippen molar-refractivity contribution in [2.24, 2.45) is 5.84 Å². The number of halogens is 2. The molecule has 0 spiro atoms. The molecular weight excluding hydrogens is 248 g/mol. The molecule has 100 valence electrons. The Hall–Kier alpha value is -1.85. The zero-order valence-corrected chi connectivity index (χ0v) is 10.5. The van der Waals surface area contributed by atoms with Crippen LogP contribution in [0.15, 0.2) is 36.7 Å². The van der Waals surface area contributed by atoms with Gasteiger partial charge in [0.15, 0.2) is 0 Å². The van der Waals surface area contributed by atoms with Crippen molar-refractivity contribution in [1.82, 2.24) is 10.4 Å². The molecule has 0 radical (unpaired) electrons. The molecule has 1 atom stereocenters. The van der Waals surface area contributed by atoms with Crippen LogP contribution in [0.2, 0.25) is 0 Å². The van der Waals surface area contributed by atoms with E-state index in [1.807, 2.05) is 13.0 Å². The number of pyridine rings is 1. The number of nitrogens with one attached hydrogen (secondary N) is 1. The Labute approximate surface area is 110 Å². The number of aryl methyl sites for hydroxylation is 1. The molecule has 0 saturated heterocycles. The van der Waals surface area contributed by atoms with Crippen molar-refractivity contribution >= 4 is 0 Å². The van der Waals surface area contributed by atoms with Crippen LogP contribution in [0.3, 0.4) is 0 Å². The Morgan fingerprint density at radius 3 is 2.68 bits per heavy atom. The molecule has 0 aliphatic carbocycles. The van der Waals surface area contributed by atoms with E-state index < -0.39 is 11.6 Å². The lowest BCUT2D eigenvalue weighted by atomic mass is 9.99. The number of nitrogens with zero attached hydrogens (tertiary/aromatic N) is 1. The van der Waals surface area contributed by atoms with Gasteiger partial charge in [0.05, 0.1) is 6.04 Å². The SMILES string of the molecule is Cc1cncc(C(Cc2ccc(F)cc2F)NN)c1. The number of hydrogen-bond donors (Lipinski definition) is 2. The van der Waals surface area contributed by atoms with Crippen LogP contribution in [-0.2, 0) is 6.42 Å². The summed E-state index contributed by atoms with van der Waals surface area (Å²) in [5.74, 6) is 4.35. The summed E-state index contributed by atoms with van der Waals surface area (Å²) < 4.78 is 26.5. The fraction of sp³-hybridized carbons (Fsp3) is 0.214. The minimum Gasteiger partial charge on any atom is -0.271 e. The predicted octanol–water partition coefficient (Wildman–Crippen LogP) is 2.42. The monoisotopic (exact) mass is 263 g/mol. The zero-order valence-electron chi connectivity index (χ0n) is 10.5. The second-order valence-electron chi connectivity index (χ2n) is 4.45. The first-order valence-electron chi connectivity index (χ1n) is 5.91. The number of hydrogen-bond acceptors (Lipinski definition) is 3. The summed E-state index contributed by atoms with van der Waals surface area (Å²) in [7, 11) is 0. The van der Waals surface area contributed by atoms with Crippen LogP contribution < -0.4 is 11.3 Å². The van der Waals surface area contributed by atoms with E-state index in [0.717, 1.165) is 17.2 Å². The topological polar surface area (TPSA) is 50.9 Å². The van der Waals surface area contributed by atoms with Gasteiger partial charge in [-0.1, -0.05) is 12.1 Å². The highest BCUT2D eigenvalue weighted by Gasteiger charge is 2.14. The fourth-order valence-electron chi connectivity index (χ4n) is 1.95. The minimum absolute atomic E-state index is 0.271. The molecule has 19 heavy (non-hydrogen) atoms. The smallest absolute Gasteiger partial charge is 0.129 e. The first-order valence-corrected chi connectivity index (χ1v) is 5.91. The minimum atomic E-state index is -0.587. The quantitative estimate of drug-likeness (QED) is 0.658. The number of rotatable bonds is 4. The van der Waals surface area contributed by atoms with E-state index in [4.69, 9.17) is 5.84 Å². The molecule has 5 heteroatoms. The van der Waals surface area contributed by atoms with Crippen LogP contribution in [0.4, 0.5) is 8.78 Å². The Kier molecular flexibility index (Phi) is 4.19. The summed E-state index contributed by atoms with van der Waals surface area (Å²) in [5, 5.41) is 0. The molecule has 2 rings (SSSR count). The third-order valence-corrected chi connectivity index (χ3v) is 2.94. The van der Waals surface area contributed by atoms with Crippen molar-refractivity contribution in [2.45, 2.75) is 19.4 Å². The Morgan fingerprint density at radius 2 is 2.05 bits per heavy atom. The van der Waals surface area contributed by atoms with Gasteiger partial charge in [0.25, 0.3) is 0 Å². The number of benzene rings is 1. The maximum Gasteiger partial charge on any atom is 0.129 e. The molecule has 0 amide bonds. The van der Waals surface area contributed by atoms with Gasteiger partial charge in [-0.25, -0.2) is 8.78 Å². The summed E-state index contributed by atoms with van der Waals surface area (Å²) in [6.45, 7) is 1.92. The maximum atomic E-state index is 13.6. The molecule has 0 bridgehead atoms. The van der Waals surface area contributed by atoms with Crippen molar-refractivity contribution < 1.29 is 8.78 Å². The summed E-state index contributed by atoms with van der Waals surface area (Å²) in [4.78, 5) is 4.08. The van der Waals surface area contributed by atoms with E-state index in [0.29, 0.717) is 12.0 Å². The van der Waals surface area contributed by atoms with Gasteiger partial charge in [0.1, 0.15) is 11.6 Å². The van der Waals surface area contributed by atoms with E-state index in [9.17, 15) is 8.78 Å². The largest absolute Gasteiger partial charge is 0.271 e. The van der Waals surface area contributed by atoms with Crippen LogP contribution >= 0.6 is 0 Å². The van der Waals surface area contributed by atoms with Gasteiger partial charge < -0.3 is 0 Å². The van der Waals surface area contributed by atoms with Crippen LogP contribution in [0.1, 0.15) is 22.7 Å². The second kappa shape index (κ2) is 5.86. The van der Waals surface area contributed by atoms with Crippen LogP contribution in [0.25, 0.3) is 0 Å². The molecule has 3 N–H and O–H groups in total. The van der Waals surface area contributed by atoms with Crippen LogP contribution in [0.5, 0.6) is 0 Å². The van der Waals surface area contributed by atoms with Crippen LogP contribution in [-0.4, -0.2) is 4.98 Å². The lowest BCUT2D eigenvalue weighted by Gasteiger charge is -2.17. The Morgan fingerprint density at radius 1 is 1.26 bits per heavy atom. The number of aromatic nitrogens is 1. The van der Waals surface area contributed by atoms with E-state index in [-0.39, 0.29) is 6.04 Å². The van der Waals surface area contributed by atoms with Gasteiger partial charge in [0.2, 0.25) is 0 Å². The zero-order chi connectivity index (χ0) is 13.8. The molecule has 3 nitrogen and oxygen atoms in total. The van der Waals surface area contributed by atoms with Crippen molar-refractivity contribution in [3.8, 4) is 0 Å². The second-order valence-corrected chi connectivity index (χ2v) is 4.45. The standard InChI is InChI=1S/C14H15F2N3/c1-9-4-11(8-18-7-9)14(19-17)5-10-2-3-12(15)6-13(10)16/h2-4,6-8,14,19H,5,17H2,1H3. The average molecular weight is 263 g/mol. The molecule has 0 aliphatic heterocycles. The van der Waals surface area contributed by atoms with Crippen molar-refractivity contribution in [1.29, 1.82) is 0 Å². The fourth-order valence-corrected chi connectivity index (χ4v) is 1.95. The molecule has 1 aromatic heterocycles. The summed E-state index contributed by atoms with van der Waals surface area (Å²) in [6.07, 6.45) is 3.74. The predicted molar refractivity (Wildman–Crippen MR) is 69.1 cm³/mol. The number of hydrazine groups is 1. The number of nitrogens with two attached hydrogens (primary N) is 1. The van der Waals surface area contributed by atoms with Gasteiger partial charge in [-0.05, 0) is 36.1 Å². The van der Waals surface area contributed by atoms with Gasteiger partial charge >= 0.3 is 0 Å². The highest BCUT2D eigenvalue weighted by atomic mass is 19.1. The Bertz CT molecular complexity index is 572. The highest BCUT2D eigenvalue weighted by molar-refractivity contribution is 5.25. The molecule has 1 heterocycles.